The molecule has 0 spiro atoms. The number of likely N-dealkylation sites (tertiary alicyclic amines) is 1. The van der Waals surface area contributed by atoms with Crippen LogP contribution in [0.1, 0.15) is 23.7 Å². The van der Waals surface area contributed by atoms with Crippen molar-refractivity contribution in [1.29, 1.82) is 0 Å². The van der Waals surface area contributed by atoms with E-state index < -0.39 is 0 Å². The van der Waals surface area contributed by atoms with E-state index in [9.17, 15) is 9.59 Å². The summed E-state index contributed by atoms with van der Waals surface area (Å²) >= 11 is 0. The lowest BCUT2D eigenvalue weighted by Gasteiger charge is -2.30. The number of benzene rings is 1. The van der Waals surface area contributed by atoms with Gasteiger partial charge in [0.15, 0.2) is 0 Å². The fourth-order valence-corrected chi connectivity index (χ4v) is 2.58. The van der Waals surface area contributed by atoms with Gasteiger partial charge < -0.3 is 9.64 Å². The van der Waals surface area contributed by atoms with E-state index in [1.54, 1.807) is 17.0 Å². The Bertz CT molecular complexity index is 709. The molecule has 1 atom stereocenters. The molecule has 0 radical (unpaired) electrons. The van der Waals surface area contributed by atoms with Gasteiger partial charge in [-0.1, -0.05) is 12.1 Å². The lowest BCUT2D eigenvalue weighted by molar-refractivity contribution is -0.124. The first-order chi connectivity index (χ1) is 10.1. The number of hydrogen-bond donors (Lipinski definition) is 1. The molecule has 1 N–H and O–H groups in total. The number of nitrogens with one attached hydrogen (secondary N) is 1. The summed E-state index contributed by atoms with van der Waals surface area (Å²) in [5, 5.41) is 10.4. The smallest absolute Gasteiger partial charge is 0.257 e. The zero-order chi connectivity index (χ0) is 15.0. The summed E-state index contributed by atoms with van der Waals surface area (Å²) in [7, 11) is 1.51. The molecular weight excluding hydrogens is 272 g/mol. The SMILES string of the molecule is COc1cc2nn[nH]c2cc1C(=O)N1CCC(=O)C(C)C1. The molecule has 2 aromatic rings. The van der Waals surface area contributed by atoms with E-state index in [1.165, 1.54) is 7.11 Å². The van der Waals surface area contributed by atoms with Crippen molar-refractivity contribution in [2.45, 2.75) is 13.3 Å². The zero-order valence-electron chi connectivity index (χ0n) is 11.9. The monoisotopic (exact) mass is 288 g/mol. The van der Waals surface area contributed by atoms with Crippen molar-refractivity contribution in [2.75, 3.05) is 20.2 Å². The first-order valence-electron chi connectivity index (χ1n) is 6.81. The molecule has 1 unspecified atom stereocenters. The lowest BCUT2D eigenvalue weighted by atomic mass is 9.98. The number of ether oxygens (including phenoxy) is 1. The molecular formula is C14H16N4O3. The number of aromatic nitrogens is 3. The van der Waals surface area contributed by atoms with Crippen molar-refractivity contribution in [1.82, 2.24) is 20.3 Å². The quantitative estimate of drug-likeness (QED) is 0.891. The molecule has 1 amide bonds. The average molecular weight is 288 g/mol. The maximum absolute atomic E-state index is 12.7. The van der Waals surface area contributed by atoms with Gasteiger partial charge in [0.1, 0.15) is 17.0 Å². The first kappa shape index (κ1) is 13.5. The molecule has 1 aromatic carbocycles. The van der Waals surface area contributed by atoms with Gasteiger partial charge >= 0.3 is 0 Å². The third-order valence-electron chi connectivity index (χ3n) is 3.84. The van der Waals surface area contributed by atoms with Crippen LogP contribution in [0.3, 0.4) is 0 Å². The Kier molecular flexibility index (Phi) is 3.32. The van der Waals surface area contributed by atoms with Crippen molar-refractivity contribution >= 4 is 22.7 Å². The van der Waals surface area contributed by atoms with Crippen LogP contribution in [-0.2, 0) is 4.79 Å². The number of carbonyl (C=O) groups excluding carboxylic acids is 2. The average Bonchev–Trinajstić information content (AvgIpc) is 2.95. The van der Waals surface area contributed by atoms with Gasteiger partial charge in [0.05, 0.1) is 18.2 Å². The Labute approximate surface area is 121 Å². The molecule has 3 rings (SSSR count). The minimum Gasteiger partial charge on any atom is -0.496 e. The Balaban J connectivity index is 1.95. The van der Waals surface area contributed by atoms with Gasteiger partial charge in [-0.15, -0.1) is 5.10 Å². The molecule has 1 aliphatic heterocycles. The normalized spacial score (nSPS) is 19.0. The first-order valence-corrected chi connectivity index (χ1v) is 6.81. The Hall–Kier alpha value is -2.44. The molecule has 21 heavy (non-hydrogen) atoms. The van der Waals surface area contributed by atoms with Crippen LogP contribution in [0.4, 0.5) is 0 Å². The predicted molar refractivity (Wildman–Crippen MR) is 75.1 cm³/mol. The maximum atomic E-state index is 12.7. The predicted octanol–water partition coefficient (Wildman–Crippen LogP) is 1.02. The molecule has 2 heterocycles. The van der Waals surface area contributed by atoms with Crippen LogP contribution in [0, 0.1) is 5.92 Å². The van der Waals surface area contributed by atoms with E-state index in [0.29, 0.717) is 41.9 Å². The fraction of sp³-hybridized carbons (Fsp3) is 0.429. The van der Waals surface area contributed by atoms with Gasteiger partial charge in [0.2, 0.25) is 0 Å². The van der Waals surface area contributed by atoms with Gasteiger partial charge in [0.25, 0.3) is 5.91 Å². The second-order valence-corrected chi connectivity index (χ2v) is 5.25. The maximum Gasteiger partial charge on any atom is 0.257 e. The summed E-state index contributed by atoms with van der Waals surface area (Å²) in [6.07, 6.45) is 0.406. The van der Waals surface area contributed by atoms with Crippen LogP contribution >= 0.6 is 0 Å². The van der Waals surface area contributed by atoms with Crippen molar-refractivity contribution in [3.8, 4) is 5.75 Å². The van der Waals surface area contributed by atoms with E-state index in [-0.39, 0.29) is 17.6 Å². The van der Waals surface area contributed by atoms with Crippen molar-refractivity contribution in [2.24, 2.45) is 5.92 Å². The third kappa shape index (κ3) is 2.35. The molecule has 0 bridgehead atoms. The van der Waals surface area contributed by atoms with Crippen molar-refractivity contribution < 1.29 is 14.3 Å². The van der Waals surface area contributed by atoms with Gasteiger partial charge in [-0.3, -0.25) is 14.7 Å². The molecule has 7 heteroatoms. The zero-order valence-corrected chi connectivity index (χ0v) is 11.9. The van der Waals surface area contributed by atoms with Gasteiger partial charge in [0, 0.05) is 31.5 Å². The Morgan fingerprint density at radius 2 is 2.29 bits per heavy atom. The molecule has 7 nitrogen and oxygen atoms in total. The number of piperidine rings is 1. The van der Waals surface area contributed by atoms with Crippen molar-refractivity contribution in [3.05, 3.63) is 17.7 Å². The van der Waals surface area contributed by atoms with E-state index >= 15 is 0 Å². The number of rotatable bonds is 2. The third-order valence-corrected chi connectivity index (χ3v) is 3.84. The number of carbonyl (C=O) groups is 2. The summed E-state index contributed by atoms with van der Waals surface area (Å²) < 4.78 is 5.29. The molecule has 0 saturated carbocycles. The highest BCUT2D eigenvalue weighted by molar-refractivity contribution is 6.01. The number of aromatic amines is 1. The van der Waals surface area contributed by atoms with Crippen molar-refractivity contribution in [3.63, 3.8) is 0 Å². The Morgan fingerprint density at radius 1 is 1.48 bits per heavy atom. The van der Waals surface area contributed by atoms with E-state index in [0.717, 1.165) is 0 Å². The van der Waals surface area contributed by atoms with Crippen LogP contribution in [-0.4, -0.2) is 52.2 Å². The van der Waals surface area contributed by atoms with Crippen LogP contribution in [0.5, 0.6) is 5.75 Å². The molecule has 1 aliphatic rings. The second kappa shape index (κ2) is 5.16. The number of methoxy groups -OCH3 is 1. The molecule has 0 aliphatic carbocycles. The number of hydrogen-bond acceptors (Lipinski definition) is 5. The standard InChI is InChI=1S/C14H16N4O3/c1-8-7-18(4-3-12(8)19)14(20)9-5-10-11(16-17-15-10)6-13(9)21-2/h5-6,8H,3-4,7H2,1-2H3,(H,15,16,17). The summed E-state index contributed by atoms with van der Waals surface area (Å²) in [6.45, 7) is 2.74. The number of ketones is 1. The number of amides is 1. The van der Waals surface area contributed by atoms with Crippen LogP contribution in [0.2, 0.25) is 0 Å². The topological polar surface area (TPSA) is 88.2 Å². The van der Waals surface area contributed by atoms with Gasteiger partial charge in [-0.05, 0) is 6.07 Å². The minimum absolute atomic E-state index is 0.119. The van der Waals surface area contributed by atoms with E-state index in [4.69, 9.17) is 4.74 Å². The largest absolute Gasteiger partial charge is 0.496 e. The van der Waals surface area contributed by atoms with Crippen LogP contribution < -0.4 is 4.74 Å². The summed E-state index contributed by atoms with van der Waals surface area (Å²) in [4.78, 5) is 25.9. The summed E-state index contributed by atoms with van der Waals surface area (Å²) in [5.74, 6) is 0.416. The molecule has 1 aromatic heterocycles. The summed E-state index contributed by atoms with van der Waals surface area (Å²) in [6, 6.07) is 3.38. The number of Topliss-reactive ketones (excluding diaryl/α,β-unsaturated/α-hetero) is 1. The minimum atomic E-state index is -0.136. The fourth-order valence-electron chi connectivity index (χ4n) is 2.58. The molecule has 1 fully saturated rings. The highest BCUT2D eigenvalue weighted by atomic mass is 16.5. The highest BCUT2D eigenvalue weighted by Crippen LogP contribution is 2.26. The number of H-pyrrole nitrogens is 1. The van der Waals surface area contributed by atoms with E-state index in [1.807, 2.05) is 6.92 Å². The summed E-state index contributed by atoms with van der Waals surface area (Å²) in [5.41, 5.74) is 1.78. The second-order valence-electron chi connectivity index (χ2n) is 5.25. The molecule has 1 saturated heterocycles. The Morgan fingerprint density at radius 3 is 3.00 bits per heavy atom. The highest BCUT2D eigenvalue weighted by Gasteiger charge is 2.29. The molecule has 110 valence electrons. The van der Waals surface area contributed by atoms with Crippen LogP contribution in [0.15, 0.2) is 12.1 Å². The van der Waals surface area contributed by atoms with Gasteiger partial charge in [-0.2, -0.15) is 0 Å². The van der Waals surface area contributed by atoms with E-state index in [2.05, 4.69) is 15.4 Å². The van der Waals surface area contributed by atoms with Gasteiger partial charge in [-0.25, -0.2) is 0 Å². The van der Waals surface area contributed by atoms with Crippen LogP contribution in [0.25, 0.3) is 11.0 Å². The number of fused-ring (bicyclic) bond motifs is 1. The number of nitrogens with zero attached hydrogens (tertiary/aromatic N) is 3. The lowest BCUT2D eigenvalue weighted by Crippen LogP contribution is -2.43.